The maximum absolute atomic E-state index is 12.7. The van der Waals surface area contributed by atoms with Gasteiger partial charge in [0.15, 0.2) is 0 Å². The number of carbonyl (C=O) groups excluding carboxylic acids is 1. The molecular weight excluding hydrogens is 318 g/mol. The number of amides is 1. The van der Waals surface area contributed by atoms with Crippen molar-refractivity contribution in [3.63, 3.8) is 0 Å². The first-order valence-electron chi connectivity index (χ1n) is 8.61. The lowest BCUT2D eigenvalue weighted by atomic mass is 9.98. The monoisotopic (exact) mass is 339 g/mol. The summed E-state index contributed by atoms with van der Waals surface area (Å²) in [5.41, 5.74) is 1.58. The number of piperidine rings is 1. The number of carbonyl (C=O) groups is 1. The summed E-state index contributed by atoms with van der Waals surface area (Å²) in [6, 6.07) is 4.24. The van der Waals surface area contributed by atoms with Gasteiger partial charge in [-0.25, -0.2) is 4.98 Å². The summed E-state index contributed by atoms with van der Waals surface area (Å²) in [6.45, 7) is 3.77. The van der Waals surface area contributed by atoms with Gasteiger partial charge in [0, 0.05) is 51.0 Å². The Morgan fingerprint density at radius 2 is 2.12 bits per heavy atom. The molecule has 2 fully saturated rings. The topological polar surface area (TPSA) is 71.5 Å². The first kappa shape index (κ1) is 16.1. The minimum Gasteiger partial charge on any atom is -0.375 e. The number of fused-ring (bicyclic) bond motifs is 1. The minimum absolute atomic E-state index is 0.0570. The van der Waals surface area contributed by atoms with Crippen molar-refractivity contribution in [1.82, 2.24) is 24.8 Å². The number of ether oxygens (including phenoxy) is 1. The lowest BCUT2D eigenvalue weighted by molar-refractivity contribution is -0.101. The molecule has 0 unspecified atom stereocenters. The second-order valence-corrected chi connectivity index (χ2v) is 6.44. The van der Waals surface area contributed by atoms with Gasteiger partial charge in [0.05, 0.1) is 24.9 Å². The third-order valence-corrected chi connectivity index (χ3v) is 4.88. The second-order valence-electron chi connectivity index (χ2n) is 6.44. The number of morpholine rings is 1. The number of hydrogen-bond donors (Lipinski definition) is 0. The van der Waals surface area contributed by atoms with Crippen molar-refractivity contribution in [2.45, 2.75) is 25.1 Å². The lowest BCUT2D eigenvalue weighted by Gasteiger charge is -2.47. The molecule has 2 aromatic heterocycles. The Bertz CT molecular complexity index is 712. The van der Waals surface area contributed by atoms with Crippen LogP contribution in [-0.4, -0.2) is 69.0 Å². The average Bonchev–Trinajstić information content (AvgIpc) is 2.69. The van der Waals surface area contributed by atoms with Gasteiger partial charge in [-0.05, 0) is 18.1 Å². The zero-order valence-electron chi connectivity index (χ0n) is 14.0. The van der Waals surface area contributed by atoms with E-state index in [-0.39, 0.29) is 18.1 Å². The molecule has 1 amide bonds. The molecule has 4 rings (SSSR count). The summed E-state index contributed by atoms with van der Waals surface area (Å²) in [7, 11) is 0. The molecule has 2 atom stereocenters. The van der Waals surface area contributed by atoms with Crippen LogP contribution in [-0.2, 0) is 11.3 Å². The number of nitrogens with zero attached hydrogens (tertiary/aromatic N) is 5. The highest BCUT2D eigenvalue weighted by Gasteiger charge is 2.38. The Morgan fingerprint density at radius 3 is 2.92 bits per heavy atom. The van der Waals surface area contributed by atoms with Crippen LogP contribution in [0.1, 0.15) is 22.5 Å². The third-order valence-electron chi connectivity index (χ3n) is 4.88. The van der Waals surface area contributed by atoms with Gasteiger partial charge in [-0.15, -0.1) is 0 Å². The predicted molar refractivity (Wildman–Crippen MR) is 90.7 cm³/mol. The summed E-state index contributed by atoms with van der Waals surface area (Å²) in [5, 5.41) is 0. The molecule has 0 bridgehead atoms. The van der Waals surface area contributed by atoms with E-state index in [9.17, 15) is 4.79 Å². The van der Waals surface area contributed by atoms with Crippen LogP contribution >= 0.6 is 0 Å². The number of pyridine rings is 1. The van der Waals surface area contributed by atoms with Crippen LogP contribution < -0.4 is 0 Å². The van der Waals surface area contributed by atoms with Crippen molar-refractivity contribution >= 4 is 5.91 Å². The van der Waals surface area contributed by atoms with Gasteiger partial charge < -0.3 is 9.64 Å². The van der Waals surface area contributed by atoms with Crippen LogP contribution in [0.2, 0.25) is 0 Å². The van der Waals surface area contributed by atoms with Crippen LogP contribution in [0.25, 0.3) is 0 Å². The summed E-state index contributed by atoms with van der Waals surface area (Å²) in [4.78, 5) is 29.3. The predicted octanol–water partition coefficient (Wildman–Crippen LogP) is 0.987. The fourth-order valence-electron chi connectivity index (χ4n) is 3.62. The van der Waals surface area contributed by atoms with Gasteiger partial charge in [-0.3, -0.25) is 19.7 Å². The van der Waals surface area contributed by atoms with Crippen molar-refractivity contribution in [3.8, 4) is 0 Å². The van der Waals surface area contributed by atoms with Crippen molar-refractivity contribution in [2.75, 3.05) is 26.2 Å². The van der Waals surface area contributed by atoms with Gasteiger partial charge in [0.2, 0.25) is 0 Å². The third kappa shape index (κ3) is 3.52. The van der Waals surface area contributed by atoms with Crippen LogP contribution in [0.4, 0.5) is 0 Å². The Morgan fingerprint density at radius 1 is 1.20 bits per heavy atom. The normalized spacial score (nSPS) is 23.9. The quantitative estimate of drug-likeness (QED) is 0.830. The molecule has 25 heavy (non-hydrogen) atoms. The fourth-order valence-corrected chi connectivity index (χ4v) is 3.62. The van der Waals surface area contributed by atoms with Crippen molar-refractivity contribution in [3.05, 3.63) is 54.4 Å². The fraction of sp³-hybridized carbons (Fsp3) is 0.444. The Hall–Kier alpha value is -2.38. The maximum Gasteiger partial charge on any atom is 0.274 e. The van der Waals surface area contributed by atoms with Crippen molar-refractivity contribution < 1.29 is 9.53 Å². The number of hydrogen-bond acceptors (Lipinski definition) is 6. The summed E-state index contributed by atoms with van der Waals surface area (Å²) in [5.74, 6) is -0.0570. The molecule has 7 nitrogen and oxygen atoms in total. The molecule has 2 aromatic rings. The van der Waals surface area contributed by atoms with Gasteiger partial charge in [-0.2, -0.15) is 0 Å². The van der Waals surface area contributed by atoms with E-state index < -0.39 is 0 Å². The first-order chi connectivity index (χ1) is 12.3. The molecule has 0 aromatic carbocycles. The smallest absolute Gasteiger partial charge is 0.274 e. The Balaban J connectivity index is 1.48. The minimum atomic E-state index is -0.0570. The van der Waals surface area contributed by atoms with E-state index in [1.165, 1.54) is 11.8 Å². The van der Waals surface area contributed by atoms with Gasteiger partial charge in [-0.1, -0.05) is 6.07 Å². The molecule has 4 heterocycles. The average molecular weight is 339 g/mol. The zero-order chi connectivity index (χ0) is 17.1. The standard InChI is InChI=1S/C18H21N5O2/c24-18(15-11-20-5-6-21-15)23-7-3-17-16(13-23)22(8-9-25-17)12-14-2-1-4-19-10-14/h1-2,4-6,10-11,16-17H,3,7-9,12-13H2/t16-,17-/m1/s1. The second kappa shape index (κ2) is 7.25. The molecule has 0 radical (unpaired) electrons. The summed E-state index contributed by atoms with van der Waals surface area (Å²) >= 11 is 0. The van der Waals surface area contributed by atoms with E-state index in [4.69, 9.17) is 4.74 Å². The van der Waals surface area contributed by atoms with Crippen LogP contribution in [0.15, 0.2) is 43.1 Å². The SMILES string of the molecule is O=C(c1cnccn1)N1CC[C@H]2OCCN(Cc3cccnc3)[C@@H]2C1. The molecular formula is C18H21N5O2. The van der Waals surface area contributed by atoms with E-state index in [2.05, 4.69) is 25.9 Å². The van der Waals surface area contributed by atoms with Crippen molar-refractivity contribution in [1.29, 1.82) is 0 Å². The summed E-state index contributed by atoms with van der Waals surface area (Å²) < 4.78 is 5.96. The van der Waals surface area contributed by atoms with Gasteiger partial charge in [0.1, 0.15) is 5.69 Å². The first-order valence-corrected chi connectivity index (χ1v) is 8.61. The highest BCUT2D eigenvalue weighted by atomic mass is 16.5. The highest BCUT2D eigenvalue weighted by Crippen LogP contribution is 2.25. The Kier molecular flexibility index (Phi) is 4.67. The molecule has 0 saturated carbocycles. The van der Waals surface area contributed by atoms with E-state index in [0.717, 1.165) is 26.1 Å². The number of aromatic nitrogens is 3. The van der Waals surface area contributed by atoms with Crippen molar-refractivity contribution in [2.24, 2.45) is 0 Å². The molecule has 0 aliphatic carbocycles. The van der Waals surface area contributed by atoms with E-state index in [1.54, 1.807) is 18.6 Å². The molecule has 130 valence electrons. The molecule has 0 spiro atoms. The molecule has 7 heteroatoms. The van der Waals surface area contributed by atoms with E-state index in [0.29, 0.717) is 18.8 Å². The highest BCUT2D eigenvalue weighted by molar-refractivity contribution is 5.92. The molecule has 2 aliphatic heterocycles. The molecule has 0 N–H and O–H groups in total. The van der Waals surface area contributed by atoms with E-state index >= 15 is 0 Å². The van der Waals surface area contributed by atoms with Gasteiger partial charge in [0.25, 0.3) is 5.91 Å². The molecule has 2 aliphatic rings. The number of likely N-dealkylation sites (tertiary alicyclic amines) is 1. The van der Waals surface area contributed by atoms with Crippen LogP contribution in [0.3, 0.4) is 0 Å². The van der Waals surface area contributed by atoms with Crippen LogP contribution in [0, 0.1) is 0 Å². The maximum atomic E-state index is 12.7. The Labute approximate surface area is 146 Å². The lowest BCUT2D eigenvalue weighted by Crippen LogP contribution is -2.60. The van der Waals surface area contributed by atoms with E-state index in [1.807, 2.05) is 17.2 Å². The largest absolute Gasteiger partial charge is 0.375 e. The summed E-state index contributed by atoms with van der Waals surface area (Å²) in [6.07, 6.45) is 9.37. The molecule has 2 saturated heterocycles. The van der Waals surface area contributed by atoms with Gasteiger partial charge >= 0.3 is 0 Å². The van der Waals surface area contributed by atoms with Crippen LogP contribution in [0.5, 0.6) is 0 Å². The zero-order valence-corrected chi connectivity index (χ0v) is 14.0. The number of rotatable bonds is 3.